The van der Waals surface area contributed by atoms with E-state index >= 15 is 0 Å². The molecule has 3 aromatic rings. The Morgan fingerprint density at radius 3 is 2.57 bits per heavy atom. The van der Waals surface area contributed by atoms with Crippen molar-refractivity contribution in [3.05, 3.63) is 71.8 Å². The van der Waals surface area contributed by atoms with Crippen LogP contribution in [0.15, 0.2) is 55.1 Å². The zero-order chi connectivity index (χ0) is 20.9. The second-order valence-corrected chi connectivity index (χ2v) is 6.70. The molecule has 7 nitrogen and oxygen atoms in total. The van der Waals surface area contributed by atoms with Crippen LogP contribution in [0.1, 0.15) is 22.6 Å². The topological polar surface area (TPSA) is 103 Å². The van der Waals surface area contributed by atoms with Crippen LogP contribution in [0.2, 0.25) is 0 Å². The van der Waals surface area contributed by atoms with Crippen LogP contribution < -0.4 is 10.5 Å². The van der Waals surface area contributed by atoms with Crippen LogP contribution >= 0.6 is 0 Å². The molecule has 0 saturated carbocycles. The number of benzene rings is 2. The highest BCUT2D eigenvalue weighted by molar-refractivity contribution is 5.69. The summed E-state index contributed by atoms with van der Waals surface area (Å²) in [6.45, 7) is 0.568. The van der Waals surface area contributed by atoms with Gasteiger partial charge in [-0.3, -0.25) is 5.41 Å². The van der Waals surface area contributed by atoms with E-state index in [4.69, 9.17) is 25.4 Å². The number of nitrogens with one attached hydrogen (secondary N) is 1. The minimum Gasteiger partial charge on any atom is -0.465 e. The summed E-state index contributed by atoms with van der Waals surface area (Å²) in [5.41, 5.74) is 10.0. The molecule has 4 rings (SSSR count). The largest absolute Gasteiger partial charge is 0.465 e. The summed E-state index contributed by atoms with van der Waals surface area (Å²) in [5, 5.41) is 7.48. The third-order valence-corrected chi connectivity index (χ3v) is 4.74. The maximum absolute atomic E-state index is 7.48. The van der Waals surface area contributed by atoms with Crippen molar-refractivity contribution in [3.63, 3.8) is 0 Å². The number of aromatic nitrogens is 2. The van der Waals surface area contributed by atoms with Gasteiger partial charge in [0.15, 0.2) is 0 Å². The van der Waals surface area contributed by atoms with Gasteiger partial charge in [0.05, 0.1) is 5.92 Å². The summed E-state index contributed by atoms with van der Waals surface area (Å²) in [6, 6.07) is 11.4. The predicted molar refractivity (Wildman–Crippen MR) is 112 cm³/mol. The molecular weight excluding hydrogens is 380 g/mol. The Labute approximate surface area is 174 Å². The molecule has 0 bridgehead atoms. The summed E-state index contributed by atoms with van der Waals surface area (Å²) in [6.07, 6.45) is 5.02. The normalized spacial score (nSPS) is 13.8. The SMILES string of the molecule is COCC#Cc1ccc2c(c1)[C@H](COC(=N)N)c1cc(-c3cncnc3)ccc1O2. The van der Waals surface area contributed by atoms with Gasteiger partial charge in [-0.2, -0.15) is 0 Å². The standard InChI is InChI=1S/C23H20N4O3/c1-28-8-2-3-15-4-6-21-18(9-15)20(13-29-23(24)25)19-10-16(5-7-22(19)30-21)17-11-26-14-27-12-17/h4-7,9-12,14,20H,8,13H2,1H3,(H3,24,25)/t20-/m0/s1. The van der Waals surface area contributed by atoms with Crippen molar-refractivity contribution in [2.45, 2.75) is 5.92 Å². The summed E-state index contributed by atoms with van der Waals surface area (Å²) in [7, 11) is 1.61. The van der Waals surface area contributed by atoms with E-state index in [9.17, 15) is 0 Å². The highest BCUT2D eigenvalue weighted by Crippen LogP contribution is 2.45. The van der Waals surface area contributed by atoms with Gasteiger partial charge in [0, 0.05) is 41.8 Å². The van der Waals surface area contributed by atoms with Gasteiger partial charge in [-0.05, 0) is 35.9 Å². The number of methoxy groups -OCH3 is 1. The van der Waals surface area contributed by atoms with Crippen molar-refractivity contribution in [3.8, 4) is 34.5 Å². The van der Waals surface area contributed by atoms with Crippen LogP contribution in [0.25, 0.3) is 11.1 Å². The number of nitrogens with zero attached hydrogens (tertiary/aromatic N) is 2. The van der Waals surface area contributed by atoms with Crippen LogP contribution in [-0.4, -0.2) is 36.3 Å². The van der Waals surface area contributed by atoms with Crippen LogP contribution in [-0.2, 0) is 9.47 Å². The Morgan fingerprint density at radius 2 is 1.83 bits per heavy atom. The molecule has 2 aromatic carbocycles. The number of rotatable bonds is 4. The zero-order valence-electron chi connectivity index (χ0n) is 16.4. The Balaban J connectivity index is 1.77. The van der Waals surface area contributed by atoms with Gasteiger partial charge < -0.3 is 19.9 Å². The summed E-state index contributed by atoms with van der Waals surface area (Å²) < 4.78 is 16.5. The van der Waals surface area contributed by atoms with Crippen molar-refractivity contribution < 1.29 is 14.2 Å². The predicted octanol–water partition coefficient (Wildman–Crippen LogP) is 3.29. The van der Waals surface area contributed by atoms with Crippen molar-refractivity contribution >= 4 is 6.02 Å². The summed E-state index contributed by atoms with van der Waals surface area (Å²) >= 11 is 0. The molecular formula is C23H20N4O3. The van der Waals surface area contributed by atoms with Gasteiger partial charge in [0.2, 0.25) is 0 Å². The van der Waals surface area contributed by atoms with Crippen LogP contribution in [0.4, 0.5) is 0 Å². The number of ether oxygens (including phenoxy) is 3. The zero-order valence-corrected chi connectivity index (χ0v) is 16.4. The highest BCUT2D eigenvalue weighted by Gasteiger charge is 2.29. The van der Waals surface area contributed by atoms with E-state index in [1.165, 1.54) is 6.33 Å². The van der Waals surface area contributed by atoms with E-state index in [0.29, 0.717) is 6.61 Å². The Morgan fingerprint density at radius 1 is 1.10 bits per heavy atom. The van der Waals surface area contributed by atoms with Crippen molar-refractivity contribution in [2.75, 3.05) is 20.3 Å². The third kappa shape index (κ3) is 4.09. The molecule has 0 unspecified atom stereocenters. The van der Waals surface area contributed by atoms with Gasteiger partial charge in [0.25, 0.3) is 6.02 Å². The number of hydrogen-bond donors (Lipinski definition) is 2. The average molecular weight is 400 g/mol. The molecule has 0 radical (unpaired) electrons. The molecule has 1 aliphatic heterocycles. The molecule has 0 spiro atoms. The summed E-state index contributed by atoms with van der Waals surface area (Å²) in [5.74, 6) is 7.33. The average Bonchev–Trinajstić information content (AvgIpc) is 2.77. The first-order valence-electron chi connectivity index (χ1n) is 9.31. The first-order valence-corrected chi connectivity index (χ1v) is 9.31. The smallest absolute Gasteiger partial charge is 0.279 e. The number of fused-ring (bicyclic) bond motifs is 2. The van der Waals surface area contributed by atoms with Crippen molar-refractivity contribution in [1.82, 2.24) is 9.97 Å². The van der Waals surface area contributed by atoms with Crippen LogP contribution in [0.3, 0.4) is 0 Å². The second-order valence-electron chi connectivity index (χ2n) is 6.70. The third-order valence-electron chi connectivity index (χ3n) is 4.74. The number of hydrogen-bond acceptors (Lipinski definition) is 6. The highest BCUT2D eigenvalue weighted by atomic mass is 16.5. The van der Waals surface area contributed by atoms with E-state index in [0.717, 1.165) is 39.3 Å². The van der Waals surface area contributed by atoms with Crippen molar-refractivity contribution in [2.24, 2.45) is 5.73 Å². The molecule has 0 aliphatic carbocycles. The molecule has 0 fully saturated rings. The Kier molecular flexibility index (Phi) is 5.59. The fourth-order valence-electron chi connectivity index (χ4n) is 3.38. The maximum Gasteiger partial charge on any atom is 0.279 e. The molecule has 0 saturated heterocycles. The fraction of sp³-hybridized carbons (Fsp3) is 0.174. The van der Waals surface area contributed by atoms with Gasteiger partial charge in [0.1, 0.15) is 31.0 Å². The lowest BCUT2D eigenvalue weighted by atomic mass is 9.86. The molecule has 7 heteroatoms. The molecule has 2 heterocycles. The molecule has 30 heavy (non-hydrogen) atoms. The van der Waals surface area contributed by atoms with E-state index in [1.54, 1.807) is 19.5 Å². The lowest BCUT2D eigenvalue weighted by molar-refractivity contribution is 0.240. The molecule has 150 valence electrons. The molecule has 1 aromatic heterocycles. The van der Waals surface area contributed by atoms with E-state index in [-0.39, 0.29) is 18.5 Å². The van der Waals surface area contributed by atoms with Gasteiger partial charge in [-0.1, -0.05) is 17.9 Å². The fourth-order valence-corrected chi connectivity index (χ4v) is 3.38. The number of amidine groups is 1. The lowest BCUT2D eigenvalue weighted by Gasteiger charge is -2.28. The lowest BCUT2D eigenvalue weighted by Crippen LogP contribution is -2.21. The number of nitrogens with two attached hydrogens (primary N) is 1. The van der Waals surface area contributed by atoms with Crippen molar-refractivity contribution in [1.29, 1.82) is 5.41 Å². The van der Waals surface area contributed by atoms with Gasteiger partial charge in [-0.25, -0.2) is 9.97 Å². The molecule has 1 aliphatic rings. The molecule has 3 N–H and O–H groups in total. The van der Waals surface area contributed by atoms with E-state index in [2.05, 4.69) is 21.8 Å². The van der Waals surface area contributed by atoms with Gasteiger partial charge >= 0.3 is 0 Å². The Hall–Kier alpha value is -3.89. The monoisotopic (exact) mass is 400 g/mol. The summed E-state index contributed by atoms with van der Waals surface area (Å²) in [4.78, 5) is 8.20. The van der Waals surface area contributed by atoms with Crippen LogP contribution in [0.5, 0.6) is 11.5 Å². The first kappa shape index (κ1) is 19.4. The minimum absolute atomic E-state index is 0.179. The van der Waals surface area contributed by atoms with E-state index in [1.807, 2.05) is 36.4 Å². The van der Waals surface area contributed by atoms with E-state index < -0.39 is 0 Å². The van der Waals surface area contributed by atoms with Gasteiger partial charge in [-0.15, -0.1) is 0 Å². The Bertz CT molecular complexity index is 1140. The quantitative estimate of drug-likeness (QED) is 0.396. The first-order chi connectivity index (χ1) is 14.7. The molecule has 1 atom stereocenters. The van der Waals surface area contributed by atoms with Crippen LogP contribution in [0, 0.1) is 17.3 Å². The maximum atomic E-state index is 7.48. The minimum atomic E-state index is -0.326. The second kappa shape index (κ2) is 8.64. The molecule has 0 amide bonds.